The lowest BCUT2D eigenvalue weighted by Crippen LogP contribution is -2.10. The summed E-state index contributed by atoms with van der Waals surface area (Å²) in [7, 11) is 0. The number of hydrogen-bond acceptors (Lipinski definition) is 2. The minimum Gasteiger partial charge on any atom is -0.393 e. The van der Waals surface area contributed by atoms with Crippen molar-refractivity contribution in [1.82, 2.24) is 0 Å². The van der Waals surface area contributed by atoms with Crippen LogP contribution in [0, 0.1) is 0 Å². The second kappa shape index (κ2) is 15.0. The molecule has 0 saturated carbocycles. The average Bonchev–Trinajstić information content (AvgIpc) is 2.38. The lowest BCUT2D eigenvalue weighted by molar-refractivity contribution is 0.0771. The highest BCUT2D eigenvalue weighted by Crippen LogP contribution is 2.11. The van der Waals surface area contributed by atoms with E-state index in [2.05, 4.69) is 13.8 Å². The highest BCUT2D eigenvalue weighted by atomic mass is 16.5. The summed E-state index contributed by atoms with van der Waals surface area (Å²) in [6.07, 6.45) is 13.3. The fraction of sp³-hybridized carbons (Fsp3) is 1.00. The van der Waals surface area contributed by atoms with Gasteiger partial charge in [-0.05, 0) is 19.3 Å². The van der Waals surface area contributed by atoms with Crippen LogP contribution < -0.4 is 0 Å². The number of aliphatic hydroxyl groups excluding tert-OH is 1. The van der Waals surface area contributed by atoms with E-state index in [0.717, 1.165) is 25.9 Å². The summed E-state index contributed by atoms with van der Waals surface area (Å²) < 4.78 is 5.38. The van der Waals surface area contributed by atoms with Crippen LogP contribution in [-0.4, -0.2) is 24.4 Å². The highest BCUT2D eigenvalue weighted by Gasteiger charge is 2.03. The number of hydrogen-bond donors (Lipinski definition) is 1. The minimum atomic E-state index is -0.151. The van der Waals surface area contributed by atoms with Crippen molar-refractivity contribution in [2.75, 3.05) is 13.2 Å². The monoisotopic (exact) mass is 258 g/mol. The molecule has 18 heavy (non-hydrogen) atoms. The lowest BCUT2D eigenvalue weighted by Gasteiger charge is -2.10. The van der Waals surface area contributed by atoms with Gasteiger partial charge in [-0.3, -0.25) is 0 Å². The van der Waals surface area contributed by atoms with Gasteiger partial charge in [0.15, 0.2) is 0 Å². The van der Waals surface area contributed by atoms with Crippen LogP contribution in [0.1, 0.15) is 84.5 Å². The van der Waals surface area contributed by atoms with Gasteiger partial charge >= 0.3 is 0 Å². The zero-order valence-corrected chi connectivity index (χ0v) is 12.6. The molecule has 1 unspecified atom stereocenters. The summed E-state index contributed by atoms with van der Waals surface area (Å²) in [6, 6.07) is 0. The molecule has 0 aromatic rings. The number of ether oxygens (including phenoxy) is 1. The van der Waals surface area contributed by atoms with E-state index in [0.29, 0.717) is 6.61 Å². The van der Waals surface area contributed by atoms with Crippen LogP contribution in [0.2, 0.25) is 0 Å². The molecule has 0 heterocycles. The smallest absolute Gasteiger partial charge is 0.0562 e. The predicted molar refractivity (Wildman–Crippen MR) is 79.0 cm³/mol. The van der Waals surface area contributed by atoms with E-state index in [9.17, 15) is 5.11 Å². The molecule has 0 aromatic heterocycles. The van der Waals surface area contributed by atoms with Gasteiger partial charge < -0.3 is 9.84 Å². The molecule has 0 spiro atoms. The Labute approximate surface area is 114 Å². The molecular weight excluding hydrogens is 224 g/mol. The lowest BCUT2D eigenvalue weighted by atomic mass is 10.0. The van der Waals surface area contributed by atoms with Crippen LogP contribution in [0.5, 0.6) is 0 Å². The Morgan fingerprint density at radius 2 is 1.33 bits per heavy atom. The molecule has 0 aromatic carbocycles. The second-order valence-corrected chi connectivity index (χ2v) is 5.32. The standard InChI is InChI=1S/C16H34O2/c1-3-5-6-7-8-9-10-11-12-16(17)13-15-18-14-4-2/h16-17H,3-15H2,1-2H3. The molecule has 0 aliphatic rings. The van der Waals surface area contributed by atoms with Gasteiger partial charge in [-0.1, -0.05) is 65.2 Å². The highest BCUT2D eigenvalue weighted by molar-refractivity contribution is 4.56. The molecule has 0 bridgehead atoms. The topological polar surface area (TPSA) is 29.5 Å². The fourth-order valence-corrected chi connectivity index (χ4v) is 2.12. The van der Waals surface area contributed by atoms with Crippen molar-refractivity contribution < 1.29 is 9.84 Å². The Morgan fingerprint density at radius 1 is 0.722 bits per heavy atom. The van der Waals surface area contributed by atoms with E-state index >= 15 is 0 Å². The summed E-state index contributed by atoms with van der Waals surface area (Å²) in [6.45, 7) is 5.90. The third-order valence-electron chi connectivity index (χ3n) is 3.33. The van der Waals surface area contributed by atoms with Gasteiger partial charge in [0.25, 0.3) is 0 Å². The average molecular weight is 258 g/mol. The van der Waals surface area contributed by atoms with Gasteiger partial charge in [0, 0.05) is 13.2 Å². The Balaban J connectivity index is 3.08. The summed E-state index contributed by atoms with van der Waals surface area (Å²) >= 11 is 0. The van der Waals surface area contributed by atoms with Crippen molar-refractivity contribution in [2.24, 2.45) is 0 Å². The minimum absolute atomic E-state index is 0.151. The normalized spacial score (nSPS) is 12.8. The van der Waals surface area contributed by atoms with Gasteiger partial charge in [-0.15, -0.1) is 0 Å². The van der Waals surface area contributed by atoms with Crippen molar-refractivity contribution in [3.8, 4) is 0 Å². The van der Waals surface area contributed by atoms with Crippen LogP contribution >= 0.6 is 0 Å². The molecule has 0 rings (SSSR count). The van der Waals surface area contributed by atoms with Crippen molar-refractivity contribution in [3.05, 3.63) is 0 Å². The zero-order chi connectivity index (χ0) is 13.5. The molecule has 1 atom stereocenters. The molecule has 0 saturated heterocycles. The summed E-state index contributed by atoms with van der Waals surface area (Å²) in [5.74, 6) is 0. The van der Waals surface area contributed by atoms with E-state index in [1.54, 1.807) is 0 Å². The maximum atomic E-state index is 9.74. The van der Waals surface area contributed by atoms with Crippen molar-refractivity contribution in [2.45, 2.75) is 90.6 Å². The molecule has 110 valence electrons. The van der Waals surface area contributed by atoms with Crippen LogP contribution in [0.3, 0.4) is 0 Å². The fourth-order valence-electron chi connectivity index (χ4n) is 2.12. The molecule has 0 fully saturated rings. The van der Waals surface area contributed by atoms with Gasteiger partial charge in [0.1, 0.15) is 0 Å². The van der Waals surface area contributed by atoms with E-state index < -0.39 is 0 Å². The summed E-state index contributed by atoms with van der Waals surface area (Å²) in [4.78, 5) is 0. The van der Waals surface area contributed by atoms with Crippen LogP contribution in [0.4, 0.5) is 0 Å². The first-order chi connectivity index (χ1) is 8.81. The first-order valence-electron chi connectivity index (χ1n) is 8.07. The van der Waals surface area contributed by atoms with Crippen LogP contribution in [-0.2, 0) is 4.74 Å². The first-order valence-corrected chi connectivity index (χ1v) is 8.07. The maximum absolute atomic E-state index is 9.74. The predicted octanol–water partition coefficient (Wildman–Crippen LogP) is 4.69. The first kappa shape index (κ1) is 17.9. The van der Waals surface area contributed by atoms with E-state index in [1.165, 1.54) is 51.4 Å². The molecule has 2 heteroatoms. The Hall–Kier alpha value is -0.0800. The molecule has 0 amide bonds. The van der Waals surface area contributed by atoms with Gasteiger partial charge in [-0.2, -0.15) is 0 Å². The third-order valence-corrected chi connectivity index (χ3v) is 3.33. The molecule has 0 aliphatic heterocycles. The maximum Gasteiger partial charge on any atom is 0.0562 e. The van der Waals surface area contributed by atoms with Crippen molar-refractivity contribution in [3.63, 3.8) is 0 Å². The SMILES string of the molecule is CCCCCCCCCCC(O)CCOCCC. The third kappa shape index (κ3) is 14.0. The molecule has 2 nitrogen and oxygen atoms in total. The molecule has 1 N–H and O–H groups in total. The summed E-state index contributed by atoms with van der Waals surface area (Å²) in [5.41, 5.74) is 0. The number of rotatable bonds is 14. The van der Waals surface area contributed by atoms with E-state index in [-0.39, 0.29) is 6.10 Å². The Kier molecular flexibility index (Phi) is 14.9. The molecular formula is C16H34O2. The summed E-state index contributed by atoms with van der Waals surface area (Å²) in [5, 5.41) is 9.74. The zero-order valence-electron chi connectivity index (χ0n) is 12.6. The van der Waals surface area contributed by atoms with E-state index in [4.69, 9.17) is 4.74 Å². The molecule has 0 radical (unpaired) electrons. The second-order valence-electron chi connectivity index (χ2n) is 5.32. The largest absolute Gasteiger partial charge is 0.393 e. The number of unbranched alkanes of at least 4 members (excludes halogenated alkanes) is 7. The van der Waals surface area contributed by atoms with Crippen molar-refractivity contribution >= 4 is 0 Å². The van der Waals surface area contributed by atoms with Crippen LogP contribution in [0.15, 0.2) is 0 Å². The van der Waals surface area contributed by atoms with Crippen LogP contribution in [0.25, 0.3) is 0 Å². The molecule has 0 aliphatic carbocycles. The van der Waals surface area contributed by atoms with Gasteiger partial charge in [0.05, 0.1) is 6.10 Å². The van der Waals surface area contributed by atoms with Crippen molar-refractivity contribution in [1.29, 1.82) is 0 Å². The number of aliphatic hydroxyl groups is 1. The quantitative estimate of drug-likeness (QED) is 0.458. The van der Waals surface area contributed by atoms with E-state index in [1.807, 2.05) is 0 Å². The van der Waals surface area contributed by atoms with Gasteiger partial charge in [0.2, 0.25) is 0 Å². The Bertz CT molecular complexity index is 148. The van der Waals surface area contributed by atoms with Gasteiger partial charge in [-0.25, -0.2) is 0 Å². The Morgan fingerprint density at radius 3 is 1.94 bits per heavy atom.